The van der Waals surface area contributed by atoms with Gasteiger partial charge in [-0.2, -0.15) is 0 Å². The Morgan fingerprint density at radius 2 is 1.64 bits per heavy atom. The van der Waals surface area contributed by atoms with Crippen molar-refractivity contribution >= 4 is 57.7 Å². The number of carboxylic acid groups (broad SMARTS) is 1. The van der Waals surface area contributed by atoms with E-state index < -0.39 is 5.97 Å². The Hall–Kier alpha value is -3.50. The van der Waals surface area contributed by atoms with E-state index in [-0.39, 0.29) is 17.9 Å². The van der Waals surface area contributed by atoms with Gasteiger partial charge in [0, 0.05) is 32.3 Å². The zero-order chi connectivity index (χ0) is 29.5. The van der Waals surface area contributed by atoms with Gasteiger partial charge in [0.1, 0.15) is 15.8 Å². The van der Waals surface area contributed by atoms with Gasteiger partial charge in [-0.05, 0) is 48.6 Å². The third kappa shape index (κ3) is 7.10. The predicted molar refractivity (Wildman–Crippen MR) is 172 cm³/mol. The zero-order valence-electron chi connectivity index (χ0n) is 23.7. The summed E-state index contributed by atoms with van der Waals surface area (Å²) in [7, 11) is 0. The number of rotatable bonds is 13. The molecule has 0 radical (unpaired) electrons. The van der Waals surface area contributed by atoms with Gasteiger partial charge in [-0.25, -0.2) is 4.98 Å². The number of amides is 1. The molecule has 1 N–H and O–H groups in total. The van der Waals surface area contributed by atoms with Gasteiger partial charge in [0.15, 0.2) is 0 Å². The van der Waals surface area contributed by atoms with Crippen molar-refractivity contribution in [3.63, 3.8) is 0 Å². The van der Waals surface area contributed by atoms with E-state index in [0.717, 1.165) is 64.3 Å². The second-order valence-electron chi connectivity index (χ2n) is 10.8. The van der Waals surface area contributed by atoms with E-state index in [9.17, 15) is 14.4 Å². The van der Waals surface area contributed by atoms with E-state index in [1.807, 2.05) is 18.2 Å². The summed E-state index contributed by atoms with van der Waals surface area (Å²) < 4.78 is 2.05. The van der Waals surface area contributed by atoms with Gasteiger partial charge in [-0.15, -0.1) is 0 Å². The molecule has 2 aromatic heterocycles. The number of aliphatic carboxylic acids is 1. The van der Waals surface area contributed by atoms with E-state index in [0.29, 0.717) is 39.3 Å². The van der Waals surface area contributed by atoms with Crippen molar-refractivity contribution in [2.45, 2.75) is 70.8 Å². The first-order chi connectivity index (χ1) is 20.4. The molecule has 1 aromatic carbocycles. The quantitative estimate of drug-likeness (QED) is 0.143. The molecule has 0 aliphatic carbocycles. The minimum atomic E-state index is -0.726. The minimum absolute atomic E-state index is 0.157. The van der Waals surface area contributed by atoms with Crippen LogP contribution in [0, 0.1) is 0 Å². The van der Waals surface area contributed by atoms with Gasteiger partial charge in [-0.3, -0.25) is 23.7 Å². The molecule has 4 heterocycles. The highest BCUT2D eigenvalue weighted by atomic mass is 32.2. The third-order valence-corrected chi connectivity index (χ3v) is 9.23. The Morgan fingerprint density at radius 1 is 0.952 bits per heavy atom. The normalized spacial score (nSPS) is 16.0. The summed E-state index contributed by atoms with van der Waals surface area (Å²) in [6.07, 6.45) is 12.4. The first-order valence-electron chi connectivity index (χ1n) is 14.7. The molecule has 220 valence electrons. The summed E-state index contributed by atoms with van der Waals surface area (Å²) in [4.78, 5) is 46.9. The number of benzene rings is 1. The van der Waals surface area contributed by atoms with Crippen molar-refractivity contribution < 1.29 is 14.7 Å². The molecule has 2 aliphatic heterocycles. The van der Waals surface area contributed by atoms with Crippen LogP contribution < -0.4 is 10.5 Å². The van der Waals surface area contributed by atoms with Gasteiger partial charge in [0.2, 0.25) is 0 Å². The number of thiocarbonyl (C=S) groups is 1. The van der Waals surface area contributed by atoms with E-state index in [1.165, 1.54) is 27.3 Å². The summed E-state index contributed by atoms with van der Waals surface area (Å²) in [6, 6.07) is 13.8. The summed E-state index contributed by atoms with van der Waals surface area (Å²) in [5, 5.41) is 8.72. The first-order valence-corrected chi connectivity index (χ1v) is 15.9. The van der Waals surface area contributed by atoms with Crippen LogP contribution >= 0.6 is 24.0 Å². The highest BCUT2D eigenvalue weighted by Crippen LogP contribution is 2.34. The van der Waals surface area contributed by atoms with Crippen LogP contribution in [-0.2, 0) is 22.6 Å². The molecule has 0 unspecified atom stereocenters. The van der Waals surface area contributed by atoms with Crippen LogP contribution in [0.25, 0.3) is 11.7 Å². The molecule has 0 bridgehead atoms. The average molecular weight is 605 g/mol. The number of hydrogen-bond acceptors (Lipinski definition) is 7. The number of aromatic nitrogens is 2. The largest absolute Gasteiger partial charge is 0.481 e. The number of carboxylic acids is 1. The third-order valence-electron chi connectivity index (χ3n) is 7.85. The number of carbonyl (C=O) groups is 2. The van der Waals surface area contributed by atoms with Crippen molar-refractivity contribution in [3.05, 3.63) is 80.6 Å². The summed E-state index contributed by atoms with van der Waals surface area (Å²) in [6.45, 7) is 1.94. The molecule has 10 heteroatoms. The Balaban J connectivity index is 1.26. The van der Waals surface area contributed by atoms with E-state index in [4.69, 9.17) is 22.3 Å². The van der Waals surface area contributed by atoms with Crippen LogP contribution in [0.3, 0.4) is 0 Å². The molecule has 1 saturated heterocycles. The second-order valence-corrected chi connectivity index (χ2v) is 12.5. The lowest BCUT2D eigenvalue weighted by atomic mass is 9.99. The van der Waals surface area contributed by atoms with Crippen LogP contribution in [0.5, 0.6) is 0 Å². The Labute approximate surface area is 255 Å². The topological polar surface area (TPSA) is 95.2 Å². The second kappa shape index (κ2) is 14.1. The number of hydrogen-bond donors (Lipinski definition) is 1. The molecular formula is C32H36N4O4S2. The minimum Gasteiger partial charge on any atom is -0.481 e. The molecule has 0 saturated carbocycles. The lowest BCUT2D eigenvalue weighted by Gasteiger charge is -2.30. The Kier molecular flexibility index (Phi) is 10.1. The zero-order valence-corrected chi connectivity index (χ0v) is 25.3. The van der Waals surface area contributed by atoms with Crippen molar-refractivity contribution in [2.24, 2.45) is 0 Å². The Morgan fingerprint density at radius 3 is 2.40 bits per heavy atom. The summed E-state index contributed by atoms with van der Waals surface area (Å²) >= 11 is 6.83. The molecule has 3 aromatic rings. The highest BCUT2D eigenvalue weighted by Gasteiger charge is 2.33. The number of carbonyl (C=O) groups excluding carboxylic acids is 1. The maximum atomic E-state index is 13.7. The number of anilines is 1. The Bertz CT molecular complexity index is 1570. The maximum absolute atomic E-state index is 13.7. The molecule has 1 fully saturated rings. The highest BCUT2D eigenvalue weighted by molar-refractivity contribution is 8.26. The van der Waals surface area contributed by atoms with Crippen molar-refractivity contribution in [2.75, 3.05) is 18.0 Å². The predicted octanol–water partition coefficient (Wildman–Crippen LogP) is 6.05. The standard InChI is InChI=1S/C32H36N4O4S2/c37-28(38)16-7-5-3-1-2-4-6-11-19-36-31(40)26(42-32(36)41)21-25-29(33-27-15-10-12-18-35(27)30(25)39)34-20-17-23-13-8-9-14-24(23)22-34/h8-10,12-15,18,21H,1-7,11,16-17,19-20,22H2,(H,37,38). The molecule has 1 amide bonds. The van der Waals surface area contributed by atoms with E-state index in [2.05, 4.69) is 23.1 Å². The summed E-state index contributed by atoms with van der Waals surface area (Å²) in [5.41, 5.74) is 3.30. The monoisotopic (exact) mass is 604 g/mol. The van der Waals surface area contributed by atoms with Gasteiger partial charge in [0.25, 0.3) is 11.5 Å². The van der Waals surface area contributed by atoms with Gasteiger partial charge in [0.05, 0.1) is 10.5 Å². The van der Waals surface area contributed by atoms with Crippen LogP contribution in [0.4, 0.5) is 5.82 Å². The SMILES string of the molecule is O=C(O)CCCCCCCCCCN1C(=O)C(=Cc2c(N3CCc4ccccc4C3)nc3ccccn3c2=O)SC1=S. The fourth-order valence-electron chi connectivity index (χ4n) is 5.57. The van der Waals surface area contributed by atoms with Crippen LogP contribution in [0.1, 0.15) is 74.5 Å². The lowest BCUT2D eigenvalue weighted by molar-refractivity contribution is -0.137. The van der Waals surface area contributed by atoms with Crippen molar-refractivity contribution in [1.29, 1.82) is 0 Å². The maximum Gasteiger partial charge on any atom is 0.303 e. The molecule has 5 rings (SSSR count). The number of fused-ring (bicyclic) bond motifs is 2. The van der Waals surface area contributed by atoms with Crippen LogP contribution in [0.15, 0.2) is 58.4 Å². The number of unbranched alkanes of at least 4 members (excludes halogenated alkanes) is 7. The molecular weight excluding hydrogens is 569 g/mol. The first kappa shape index (κ1) is 30.0. The molecule has 0 spiro atoms. The van der Waals surface area contributed by atoms with Gasteiger partial charge < -0.3 is 10.0 Å². The van der Waals surface area contributed by atoms with Crippen molar-refractivity contribution in [1.82, 2.24) is 14.3 Å². The molecule has 2 aliphatic rings. The number of pyridine rings is 1. The van der Waals surface area contributed by atoms with Crippen molar-refractivity contribution in [3.8, 4) is 0 Å². The fraction of sp³-hybridized carbons (Fsp3) is 0.406. The van der Waals surface area contributed by atoms with E-state index in [1.54, 1.807) is 23.2 Å². The van der Waals surface area contributed by atoms with Gasteiger partial charge >= 0.3 is 5.97 Å². The fourth-order valence-corrected chi connectivity index (χ4v) is 6.86. The summed E-state index contributed by atoms with van der Waals surface area (Å²) in [5.74, 6) is -0.291. The smallest absolute Gasteiger partial charge is 0.303 e. The number of nitrogens with zero attached hydrogens (tertiary/aromatic N) is 4. The van der Waals surface area contributed by atoms with Gasteiger partial charge in [-0.1, -0.05) is 92.8 Å². The number of thioether (sulfide) groups is 1. The molecule has 42 heavy (non-hydrogen) atoms. The molecule has 8 nitrogen and oxygen atoms in total. The lowest BCUT2D eigenvalue weighted by Crippen LogP contribution is -2.34. The molecule has 0 atom stereocenters. The van der Waals surface area contributed by atoms with Crippen LogP contribution in [0.2, 0.25) is 0 Å². The van der Waals surface area contributed by atoms with E-state index >= 15 is 0 Å². The average Bonchev–Trinajstić information content (AvgIpc) is 3.26. The van der Waals surface area contributed by atoms with Crippen LogP contribution in [-0.4, -0.2) is 48.7 Å².